The molecular formula is C11H18N4O. The van der Waals surface area contributed by atoms with Crippen molar-refractivity contribution in [2.75, 3.05) is 17.7 Å². The molecular weight excluding hydrogens is 204 g/mol. The minimum atomic E-state index is 0.246. The summed E-state index contributed by atoms with van der Waals surface area (Å²) in [6.45, 7) is 4.88. The normalized spacial score (nSPS) is 22.0. The Morgan fingerprint density at radius 3 is 3.06 bits per heavy atom. The van der Waals surface area contributed by atoms with E-state index < -0.39 is 0 Å². The molecule has 0 saturated carbocycles. The molecule has 1 fully saturated rings. The van der Waals surface area contributed by atoms with Gasteiger partial charge in [0.1, 0.15) is 18.0 Å². The van der Waals surface area contributed by atoms with Gasteiger partial charge >= 0.3 is 0 Å². The van der Waals surface area contributed by atoms with Crippen LogP contribution in [0, 0.1) is 6.92 Å². The molecule has 2 heterocycles. The molecule has 0 bridgehead atoms. The fraction of sp³-hybridized carbons (Fsp3) is 0.636. The van der Waals surface area contributed by atoms with Gasteiger partial charge < -0.3 is 15.8 Å². The highest BCUT2D eigenvalue weighted by Crippen LogP contribution is 2.21. The first-order valence-corrected chi connectivity index (χ1v) is 5.63. The molecule has 3 N–H and O–H groups in total. The van der Waals surface area contributed by atoms with Gasteiger partial charge in [-0.1, -0.05) is 0 Å². The van der Waals surface area contributed by atoms with Crippen molar-refractivity contribution in [2.45, 2.75) is 38.8 Å². The molecule has 1 aromatic rings. The molecule has 0 amide bonds. The Hall–Kier alpha value is -1.36. The van der Waals surface area contributed by atoms with Gasteiger partial charge in [0, 0.05) is 12.2 Å². The monoisotopic (exact) mass is 222 g/mol. The molecule has 2 unspecified atom stereocenters. The second-order valence-corrected chi connectivity index (χ2v) is 4.22. The van der Waals surface area contributed by atoms with Gasteiger partial charge in [0.15, 0.2) is 0 Å². The number of ether oxygens (including phenoxy) is 1. The smallest absolute Gasteiger partial charge is 0.134 e. The number of nitrogens with two attached hydrogens (primary N) is 1. The van der Waals surface area contributed by atoms with E-state index in [1.165, 1.54) is 6.33 Å². The average molecular weight is 222 g/mol. The fourth-order valence-corrected chi connectivity index (χ4v) is 1.91. The summed E-state index contributed by atoms with van der Waals surface area (Å²) >= 11 is 0. The first-order valence-electron chi connectivity index (χ1n) is 5.63. The molecule has 1 aliphatic rings. The SMILES string of the molecule is Cc1c(N)ncnc1NC(C)C1CCCO1. The number of hydrogen-bond acceptors (Lipinski definition) is 5. The highest BCUT2D eigenvalue weighted by atomic mass is 16.5. The maximum atomic E-state index is 5.73. The van der Waals surface area contributed by atoms with Crippen LogP contribution in [-0.2, 0) is 4.74 Å². The summed E-state index contributed by atoms with van der Waals surface area (Å²) < 4.78 is 5.62. The molecule has 1 aliphatic heterocycles. The molecule has 16 heavy (non-hydrogen) atoms. The molecule has 2 atom stereocenters. The van der Waals surface area contributed by atoms with Crippen LogP contribution in [0.1, 0.15) is 25.3 Å². The third-order valence-electron chi connectivity index (χ3n) is 3.01. The van der Waals surface area contributed by atoms with Gasteiger partial charge in [-0.05, 0) is 26.7 Å². The summed E-state index contributed by atoms with van der Waals surface area (Å²) in [5.74, 6) is 1.33. The van der Waals surface area contributed by atoms with Crippen molar-refractivity contribution >= 4 is 11.6 Å². The third kappa shape index (κ3) is 2.24. The molecule has 0 aliphatic carbocycles. The molecule has 88 valence electrons. The highest BCUT2D eigenvalue weighted by molar-refractivity contribution is 5.54. The van der Waals surface area contributed by atoms with Crippen LogP contribution < -0.4 is 11.1 Å². The van der Waals surface area contributed by atoms with E-state index in [-0.39, 0.29) is 12.1 Å². The third-order valence-corrected chi connectivity index (χ3v) is 3.01. The Morgan fingerprint density at radius 2 is 2.38 bits per heavy atom. The van der Waals surface area contributed by atoms with Gasteiger partial charge in [0.05, 0.1) is 12.1 Å². The van der Waals surface area contributed by atoms with Gasteiger partial charge in [-0.25, -0.2) is 9.97 Å². The topological polar surface area (TPSA) is 73.1 Å². The molecule has 0 aromatic carbocycles. The van der Waals surface area contributed by atoms with Crippen LogP contribution in [0.15, 0.2) is 6.33 Å². The zero-order chi connectivity index (χ0) is 11.5. The summed E-state index contributed by atoms with van der Waals surface area (Å²) in [5, 5.41) is 3.34. The Morgan fingerprint density at radius 1 is 1.56 bits per heavy atom. The standard InChI is InChI=1S/C11H18N4O/c1-7-10(12)13-6-14-11(7)15-8(2)9-4-3-5-16-9/h6,8-9H,3-5H2,1-2H3,(H3,12,13,14,15). The lowest BCUT2D eigenvalue weighted by atomic mass is 10.1. The van der Waals surface area contributed by atoms with Crippen molar-refractivity contribution in [3.63, 3.8) is 0 Å². The number of rotatable bonds is 3. The fourth-order valence-electron chi connectivity index (χ4n) is 1.91. The Labute approximate surface area is 95.4 Å². The maximum Gasteiger partial charge on any atom is 0.134 e. The Balaban J connectivity index is 2.05. The van der Waals surface area contributed by atoms with Gasteiger partial charge in [-0.3, -0.25) is 0 Å². The largest absolute Gasteiger partial charge is 0.383 e. The van der Waals surface area contributed by atoms with Gasteiger partial charge in [-0.15, -0.1) is 0 Å². The number of nitrogen functional groups attached to an aromatic ring is 1. The second-order valence-electron chi connectivity index (χ2n) is 4.22. The minimum absolute atomic E-state index is 0.246. The quantitative estimate of drug-likeness (QED) is 0.807. The summed E-state index contributed by atoms with van der Waals surface area (Å²) in [7, 11) is 0. The average Bonchev–Trinajstić information content (AvgIpc) is 2.78. The van der Waals surface area contributed by atoms with E-state index in [4.69, 9.17) is 10.5 Å². The number of nitrogens with one attached hydrogen (secondary N) is 1. The van der Waals surface area contributed by atoms with Crippen molar-refractivity contribution in [1.82, 2.24) is 9.97 Å². The molecule has 5 nitrogen and oxygen atoms in total. The number of anilines is 2. The van der Waals surface area contributed by atoms with E-state index in [1.54, 1.807) is 0 Å². The predicted molar refractivity (Wildman–Crippen MR) is 63.2 cm³/mol. The van der Waals surface area contributed by atoms with Crippen molar-refractivity contribution < 1.29 is 4.74 Å². The summed E-state index contributed by atoms with van der Waals surface area (Å²) in [4.78, 5) is 8.13. The van der Waals surface area contributed by atoms with Crippen molar-refractivity contribution in [2.24, 2.45) is 0 Å². The van der Waals surface area contributed by atoms with Crippen LogP contribution in [0.2, 0.25) is 0 Å². The zero-order valence-electron chi connectivity index (χ0n) is 9.73. The predicted octanol–water partition coefficient (Wildman–Crippen LogP) is 1.35. The van der Waals surface area contributed by atoms with Crippen LogP contribution in [0.5, 0.6) is 0 Å². The summed E-state index contributed by atoms with van der Waals surface area (Å²) in [6.07, 6.45) is 4.00. The number of hydrogen-bond donors (Lipinski definition) is 2. The van der Waals surface area contributed by atoms with Gasteiger partial charge in [0.2, 0.25) is 0 Å². The summed E-state index contributed by atoms with van der Waals surface area (Å²) in [5.41, 5.74) is 6.62. The van der Waals surface area contributed by atoms with E-state index in [2.05, 4.69) is 22.2 Å². The molecule has 0 spiro atoms. The first-order chi connectivity index (χ1) is 7.68. The molecule has 1 aromatic heterocycles. The summed E-state index contributed by atoms with van der Waals surface area (Å²) in [6, 6.07) is 0.246. The molecule has 5 heteroatoms. The molecule has 2 rings (SSSR count). The van der Waals surface area contributed by atoms with Crippen LogP contribution in [0.3, 0.4) is 0 Å². The van der Waals surface area contributed by atoms with E-state index in [0.717, 1.165) is 30.8 Å². The van der Waals surface area contributed by atoms with E-state index in [1.807, 2.05) is 6.92 Å². The highest BCUT2D eigenvalue weighted by Gasteiger charge is 2.23. The minimum Gasteiger partial charge on any atom is -0.383 e. The lowest BCUT2D eigenvalue weighted by Crippen LogP contribution is -2.30. The van der Waals surface area contributed by atoms with Crippen LogP contribution in [0.4, 0.5) is 11.6 Å². The van der Waals surface area contributed by atoms with Crippen LogP contribution in [-0.4, -0.2) is 28.7 Å². The van der Waals surface area contributed by atoms with E-state index in [0.29, 0.717) is 5.82 Å². The molecule has 1 saturated heterocycles. The van der Waals surface area contributed by atoms with Gasteiger partial charge in [0.25, 0.3) is 0 Å². The Bertz CT molecular complexity index is 363. The van der Waals surface area contributed by atoms with Crippen LogP contribution >= 0.6 is 0 Å². The lowest BCUT2D eigenvalue weighted by Gasteiger charge is -2.21. The van der Waals surface area contributed by atoms with Gasteiger partial charge in [-0.2, -0.15) is 0 Å². The number of aromatic nitrogens is 2. The molecule has 0 radical (unpaired) electrons. The van der Waals surface area contributed by atoms with Crippen LogP contribution in [0.25, 0.3) is 0 Å². The van der Waals surface area contributed by atoms with Crippen molar-refractivity contribution in [3.8, 4) is 0 Å². The lowest BCUT2D eigenvalue weighted by molar-refractivity contribution is 0.0995. The van der Waals surface area contributed by atoms with E-state index in [9.17, 15) is 0 Å². The number of nitrogens with zero attached hydrogens (tertiary/aromatic N) is 2. The second kappa shape index (κ2) is 4.65. The zero-order valence-corrected chi connectivity index (χ0v) is 9.73. The van der Waals surface area contributed by atoms with E-state index >= 15 is 0 Å². The Kier molecular flexibility index (Phi) is 3.24. The maximum absolute atomic E-state index is 5.73. The van der Waals surface area contributed by atoms with Crippen molar-refractivity contribution in [1.29, 1.82) is 0 Å². The first kappa shape index (κ1) is 11.1. The van der Waals surface area contributed by atoms with Crippen molar-refractivity contribution in [3.05, 3.63) is 11.9 Å².